The topological polar surface area (TPSA) is 35.3 Å². The van der Waals surface area contributed by atoms with Gasteiger partial charge < -0.3 is 9.15 Å². The summed E-state index contributed by atoms with van der Waals surface area (Å²) in [4.78, 5) is 4.14. The number of rotatable bonds is 3. The maximum atomic E-state index is 5.87. The van der Waals surface area contributed by atoms with Crippen LogP contribution in [0.4, 0.5) is 0 Å². The van der Waals surface area contributed by atoms with Crippen molar-refractivity contribution in [3.8, 4) is 11.5 Å². The minimum atomic E-state index is 0.424. The summed E-state index contributed by atoms with van der Waals surface area (Å²) in [5.41, 5.74) is 0.866. The molecule has 78 valence electrons. The van der Waals surface area contributed by atoms with Gasteiger partial charge in [-0.15, -0.1) is 0 Å². The van der Waals surface area contributed by atoms with Crippen molar-refractivity contribution in [1.82, 2.24) is 4.98 Å². The molecular weight excluding hydrogens is 214 g/mol. The molecular formula is C11H10ClNO2. The summed E-state index contributed by atoms with van der Waals surface area (Å²) in [7, 11) is 1.61. The van der Waals surface area contributed by atoms with E-state index in [-0.39, 0.29) is 0 Å². The second kappa shape index (κ2) is 4.47. The molecule has 0 saturated carbocycles. The zero-order valence-corrected chi connectivity index (χ0v) is 8.99. The molecule has 0 spiro atoms. The monoisotopic (exact) mass is 223 g/mol. The van der Waals surface area contributed by atoms with Crippen molar-refractivity contribution < 1.29 is 9.15 Å². The fourth-order valence-electron chi connectivity index (χ4n) is 1.27. The first kappa shape index (κ1) is 10.2. The largest absolute Gasteiger partial charge is 0.439 e. The lowest BCUT2D eigenvalue weighted by Gasteiger charge is -1.96. The van der Waals surface area contributed by atoms with Crippen LogP contribution in [0.2, 0.25) is 5.02 Å². The third-order valence-electron chi connectivity index (χ3n) is 1.91. The summed E-state index contributed by atoms with van der Waals surface area (Å²) in [6, 6.07) is 7.38. The van der Waals surface area contributed by atoms with Gasteiger partial charge in [0, 0.05) is 17.7 Å². The minimum Gasteiger partial charge on any atom is -0.439 e. The predicted molar refractivity (Wildman–Crippen MR) is 57.7 cm³/mol. The smallest absolute Gasteiger partial charge is 0.226 e. The summed E-state index contributed by atoms with van der Waals surface area (Å²) < 4.78 is 10.4. The van der Waals surface area contributed by atoms with E-state index in [9.17, 15) is 0 Å². The number of hydrogen-bond donors (Lipinski definition) is 0. The van der Waals surface area contributed by atoms with Gasteiger partial charge in [-0.3, -0.25) is 0 Å². The van der Waals surface area contributed by atoms with E-state index >= 15 is 0 Å². The van der Waals surface area contributed by atoms with Gasteiger partial charge in [-0.1, -0.05) is 17.7 Å². The molecule has 0 aliphatic carbocycles. The molecule has 0 N–H and O–H groups in total. The van der Waals surface area contributed by atoms with Gasteiger partial charge in [-0.2, -0.15) is 0 Å². The van der Waals surface area contributed by atoms with E-state index < -0.39 is 0 Å². The third-order valence-corrected chi connectivity index (χ3v) is 2.15. The van der Waals surface area contributed by atoms with Crippen LogP contribution in [0.3, 0.4) is 0 Å². The molecule has 0 bridgehead atoms. The highest BCUT2D eigenvalue weighted by Crippen LogP contribution is 2.22. The molecule has 1 aromatic carbocycles. The van der Waals surface area contributed by atoms with Gasteiger partial charge in [0.2, 0.25) is 5.89 Å². The van der Waals surface area contributed by atoms with Gasteiger partial charge in [0.15, 0.2) is 5.76 Å². The van der Waals surface area contributed by atoms with Crippen LogP contribution in [0.25, 0.3) is 11.5 Å². The quantitative estimate of drug-likeness (QED) is 0.802. The number of halogens is 1. The van der Waals surface area contributed by atoms with Crippen LogP contribution in [0.15, 0.2) is 34.9 Å². The van der Waals surface area contributed by atoms with Crippen LogP contribution in [0.1, 0.15) is 5.76 Å². The molecule has 0 atom stereocenters. The molecule has 2 aromatic rings. The van der Waals surface area contributed by atoms with Crippen LogP contribution in [-0.4, -0.2) is 12.1 Å². The molecule has 4 heteroatoms. The Bertz CT molecular complexity index is 453. The van der Waals surface area contributed by atoms with Crippen LogP contribution in [0, 0.1) is 0 Å². The molecule has 3 nitrogen and oxygen atoms in total. The fraction of sp³-hybridized carbons (Fsp3) is 0.182. The first-order valence-electron chi connectivity index (χ1n) is 4.49. The second-order valence-electron chi connectivity index (χ2n) is 3.08. The SMILES string of the molecule is COCc1cnc(-c2cccc(Cl)c2)o1. The van der Waals surface area contributed by atoms with Crippen LogP contribution in [-0.2, 0) is 11.3 Å². The molecule has 0 aliphatic rings. The molecule has 0 fully saturated rings. The van der Waals surface area contributed by atoms with Gasteiger partial charge >= 0.3 is 0 Å². The third kappa shape index (κ3) is 2.37. The lowest BCUT2D eigenvalue weighted by atomic mass is 10.2. The van der Waals surface area contributed by atoms with Gasteiger partial charge in [0.05, 0.1) is 6.20 Å². The van der Waals surface area contributed by atoms with Crippen LogP contribution >= 0.6 is 11.6 Å². The molecule has 15 heavy (non-hydrogen) atoms. The predicted octanol–water partition coefficient (Wildman–Crippen LogP) is 3.14. The maximum absolute atomic E-state index is 5.87. The van der Waals surface area contributed by atoms with E-state index in [1.807, 2.05) is 24.3 Å². The second-order valence-corrected chi connectivity index (χ2v) is 3.51. The van der Waals surface area contributed by atoms with Crippen molar-refractivity contribution in [2.45, 2.75) is 6.61 Å². The van der Waals surface area contributed by atoms with E-state index in [0.717, 1.165) is 5.56 Å². The summed E-state index contributed by atoms with van der Waals surface area (Å²) in [5.74, 6) is 1.26. The van der Waals surface area contributed by atoms with Gasteiger partial charge in [0.25, 0.3) is 0 Å². The molecule has 0 amide bonds. The molecule has 2 rings (SSSR count). The van der Waals surface area contributed by atoms with Crippen LogP contribution in [0.5, 0.6) is 0 Å². The lowest BCUT2D eigenvalue weighted by Crippen LogP contribution is -1.81. The Morgan fingerprint density at radius 3 is 3.07 bits per heavy atom. The summed E-state index contributed by atoms with van der Waals surface area (Å²) in [5, 5.41) is 0.666. The molecule has 1 heterocycles. The minimum absolute atomic E-state index is 0.424. The number of hydrogen-bond acceptors (Lipinski definition) is 3. The van der Waals surface area contributed by atoms with E-state index in [1.54, 1.807) is 13.3 Å². The van der Waals surface area contributed by atoms with Crippen molar-refractivity contribution >= 4 is 11.6 Å². The Morgan fingerprint density at radius 1 is 1.47 bits per heavy atom. The average molecular weight is 224 g/mol. The first-order valence-corrected chi connectivity index (χ1v) is 4.87. The Morgan fingerprint density at radius 2 is 2.33 bits per heavy atom. The zero-order chi connectivity index (χ0) is 10.7. The Labute approximate surface area is 92.6 Å². The van der Waals surface area contributed by atoms with Crippen molar-refractivity contribution in [2.75, 3.05) is 7.11 Å². The summed E-state index contributed by atoms with van der Waals surface area (Å²) >= 11 is 5.87. The van der Waals surface area contributed by atoms with E-state index in [1.165, 1.54) is 0 Å². The Balaban J connectivity index is 2.29. The van der Waals surface area contributed by atoms with E-state index in [0.29, 0.717) is 23.3 Å². The Hall–Kier alpha value is -1.32. The number of methoxy groups -OCH3 is 1. The fourth-order valence-corrected chi connectivity index (χ4v) is 1.46. The van der Waals surface area contributed by atoms with Gasteiger partial charge in [0.1, 0.15) is 6.61 Å². The number of benzene rings is 1. The number of aromatic nitrogens is 1. The van der Waals surface area contributed by atoms with Gasteiger partial charge in [-0.05, 0) is 18.2 Å². The molecule has 0 unspecified atom stereocenters. The van der Waals surface area contributed by atoms with Crippen molar-refractivity contribution in [1.29, 1.82) is 0 Å². The molecule has 1 aromatic heterocycles. The molecule has 0 aliphatic heterocycles. The molecule has 0 radical (unpaired) electrons. The maximum Gasteiger partial charge on any atom is 0.226 e. The van der Waals surface area contributed by atoms with Crippen molar-refractivity contribution in [3.05, 3.63) is 41.2 Å². The Kier molecular flexibility index (Phi) is 3.04. The summed E-state index contributed by atoms with van der Waals surface area (Å²) in [6.45, 7) is 0.424. The number of ether oxygens (including phenoxy) is 1. The number of nitrogens with zero attached hydrogens (tertiary/aromatic N) is 1. The first-order chi connectivity index (χ1) is 7.29. The normalized spacial score (nSPS) is 10.5. The highest BCUT2D eigenvalue weighted by Gasteiger charge is 2.06. The van der Waals surface area contributed by atoms with E-state index in [2.05, 4.69) is 4.98 Å². The highest BCUT2D eigenvalue weighted by molar-refractivity contribution is 6.30. The van der Waals surface area contributed by atoms with Gasteiger partial charge in [-0.25, -0.2) is 4.98 Å². The highest BCUT2D eigenvalue weighted by atomic mass is 35.5. The van der Waals surface area contributed by atoms with Crippen molar-refractivity contribution in [2.24, 2.45) is 0 Å². The standard InChI is InChI=1S/C11H10ClNO2/c1-14-7-10-6-13-11(15-10)8-3-2-4-9(12)5-8/h2-6H,7H2,1H3. The average Bonchev–Trinajstić information content (AvgIpc) is 2.67. The molecule has 0 saturated heterocycles. The summed E-state index contributed by atoms with van der Waals surface area (Å²) in [6.07, 6.45) is 1.65. The van der Waals surface area contributed by atoms with E-state index in [4.69, 9.17) is 20.8 Å². The lowest BCUT2D eigenvalue weighted by molar-refractivity contribution is 0.165. The number of oxazole rings is 1. The van der Waals surface area contributed by atoms with Crippen LogP contribution < -0.4 is 0 Å². The zero-order valence-electron chi connectivity index (χ0n) is 8.24. The van der Waals surface area contributed by atoms with Crippen molar-refractivity contribution in [3.63, 3.8) is 0 Å².